The summed E-state index contributed by atoms with van der Waals surface area (Å²) in [5.74, 6) is -2.34. The molecule has 7 nitrogen and oxygen atoms in total. The maximum absolute atomic E-state index is 14.4. The van der Waals surface area contributed by atoms with Gasteiger partial charge in [-0.25, -0.2) is 17.6 Å². The van der Waals surface area contributed by atoms with E-state index in [0.29, 0.717) is 25.9 Å². The number of ether oxygens (including phenoxy) is 1. The van der Waals surface area contributed by atoms with Crippen LogP contribution >= 0.6 is 0 Å². The highest BCUT2D eigenvalue weighted by Crippen LogP contribution is 2.24. The molecule has 3 rings (SSSR count). The van der Waals surface area contributed by atoms with Gasteiger partial charge in [0.1, 0.15) is 10.7 Å². The molecule has 32 heavy (non-hydrogen) atoms. The van der Waals surface area contributed by atoms with Crippen LogP contribution in [-0.2, 0) is 19.6 Å². The second-order valence-corrected chi connectivity index (χ2v) is 9.70. The highest BCUT2D eigenvalue weighted by Gasteiger charge is 2.30. The molecular formula is C23H27FN2O5S. The van der Waals surface area contributed by atoms with Crippen LogP contribution in [0.4, 0.5) is 4.39 Å². The molecule has 1 fully saturated rings. The van der Waals surface area contributed by atoms with Gasteiger partial charge in [0.25, 0.3) is 5.91 Å². The Balaban J connectivity index is 1.69. The van der Waals surface area contributed by atoms with Gasteiger partial charge in [-0.2, -0.15) is 4.31 Å². The van der Waals surface area contributed by atoms with Crippen molar-refractivity contribution in [1.82, 2.24) is 9.62 Å². The van der Waals surface area contributed by atoms with E-state index in [1.165, 1.54) is 11.2 Å². The van der Waals surface area contributed by atoms with Crippen LogP contribution in [0.5, 0.6) is 0 Å². The molecule has 0 radical (unpaired) electrons. The monoisotopic (exact) mass is 462 g/mol. The van der Waals surface area contributed by atoms with Crippen LogP contribution in [0.2, 0.25) is 0 Å². The lowest BCUT2D eigenvalue weighted by Crippen LogP contribution is -2.37. The molecular weight excluding hydrogens is 435 g/mol. The molecule has 1 saturated heterocycles. The first kappa shape index (κ1) is 23.9. The van der Waals surface area contributed by atoms with Crippen LogP contribution < -0.4 is 5.32 Å². The molecule has 0 aliphatic carbocycles. The molecule has 2 atom stereocenters. The van der Waals surface area contributed by atoms with Crippen LogP contribution in [0.25, 0.3) is 0 Å². The van der Waals surface area contributed by atoms with Crippen molar-refractivity contribution in [3.05, 3.63) is 65.5 Å². The van der Waals surface area contributed by atoms with E-state index in [-0.39, 0.29) is 11.6 Å². The smallest absolute Gasteiger partial charge is 0.338 e. The largest absolute Gasteiger partial charge is 0.449 e. The zero-order valence-electron chi connectivity index (χ0n) is 18.1. The van der Waals surface area contributed by atoms with Crippen molar-refractivity contribution < 1.29 is 27.1 Å². The number of nitrogens with one attached hydrogen (secondary N) is 1. The van der Waals surface area contributed by atoms with E-state index >= 15 is 0 Å². The van der Waals surface area contributed by atoms with Gasteiger partial charge in [0.15, 0.2) is 6.10 Å². The van der Waals surface area contributed by atoms with Crippen LogP contribution in [0, 0.1) is 5.82 Å². The van der Waals surface area contributed by atoms with Crippen molar-refractivity contribution in [3.63, 3.8) is 0 Å². The summed E-state index contributed by atoms with van der Waals surface area (Å²) in [6.45, 7) is 3.85. The number of piperidine rings is 1. The third-order valence-corrected chi connectivity index (χ3v) is 7.32. The summed E-state index contributed by atoms with van der Waals surface area (Å²) in [6, 6.07) is 12.0. The van der Waals surface area contributed by atoms with Crippen LogP contribution in [0.1, 0.15) is 55.1 Å². The lowest BCUT2D eigenvalue weighted by atomic mass is 10.1. The molecule has 1 aliphatic heterocycles. The predicted molar refractivity (Wildman–Crippen MR) is 117 cm³/mol. The Bertz CT molecular complexity index is 1070. The van der Waals surface area contributed by atoms with Crippen LogP contribution in [0.3, 0.4) is 0 Å². The number of hydrogen-bond acceptors (Lipinski definition) is 5. The van der Waals surface area contributed by atoms with Gasteiger partial charge in [0, 0.05) is 13.1 Å². The van der Waals surface area contributed by atoms with Crippen LogP contribution in [0.15, 0.2) is 53.4 Å². The summed E-state index contributed by atoms with van der Waals surface area (Å²) in [5.41, 5.74) is 0.753. The lowest BCUT2D eigenvalue weighted by molar-refractivity contribution is -0.129. The molecule has 1 N–H and O–H groups in total. The van der Waals surface area contributed by atoms with E-state index in [4.69, 9.17) is 4.74 Å². The Hall–Kier alpha value is -2.78. The first-order chi connectivity index (χ1) is 15.2. The number of benzene rings is 2. The molecule has 2 unspecified atom stereocenters. The number of carbonyl (C=O) groups is 2. The number of sulfonamides is 1. The Morgan fingerprint density at radius 3 is 2.34 bits per heavy atom. The standard InChI is InChI=1S/C23H27FN2O5S/c1-16(18-9-5-3-6-10-18)25-22(27)17(2)31-23(28)19-11-12-20(24)21(15-19)32(29,30)26-13-7-4-8-14-26/h3,5-6,9-12,15-17H,4,7-8,13-14H2,1-2H3,(H,25,27). The predicted octanol–water partition coefficient (Wildman–Crippen LogP) is 3.42. The van der Waals surface area contributed by atoms with Gasteiger partial charge in [-0.05, 0) is 50.5 Å². The second-order valence-electron chi connectivity index (χ2n) is 7.80. The van der Waals surface area contributed by atoms with E-state index in [9.17, 15) is 22.4 Å². The van der Waals surface area contributed by atoms with Gasteiger partial charge in [-0.3, -0.25) is 4.79 Å². The molecule has 0 bridgehead atoms. The maximum Gasteiger partial charge on any atom is 0.338 e. The highest BCUT2D eigenvalue weighted by atomic mass is 32.2. The number of esters is 1. The van der Waals surface area contributed by atoms with Crippen molar-refractivity contribution >= 4 is 21.9 Å². The van der Waals surface area contributed by atoms with E-state index in [2.05, 4.69) is 5.32 Å². The molecule has 172 valence electrons. The Morgan fingerprint density at radius 2 is 1.69 bits per heavy atom. The van der Waals surface area contributed by atoms with E-state index < -0.39 is 38.7 Å². The number of halogens is 1. The summed E-state index contributed by atoms with van der Waals surface area (Å²) in [4.78, 5) is 24.4. The fourth-order valence-electron chi connectivity index (χ4n) is 3.51. The lowest BCUT2D eigenvalue weighted by Gasteiger charge is -2.26. The van der Waals surface area contributed by atoms with Gasteiger partial charge in [-0.15, -0.1) is 0 Å². The molecule has 1 amide bonds. The quantitative estimate of drug-likeness (QED) is 0.637. The molecule has 1 heterocycles. The number of carbonyl (C=O) groups excluding carboxylic acids is 2. The zero-order valence-corrected chi connectivity index (χ0v) is 18.9. The second kappa shape index (κ2) is 10.2. The third-order valence-electron chi connectivity index (χ3n) is 5.41. The Kier molecular flexibility index (Phi) is 7.63. The molecule has 0 spiro atoms. The van der Waals surface area contributed by atoms with Crippen molar-refractivity contribution in [2.24, 2.45) is 0 Å². The Morgan fingerprint density at radius 1 is 1.03 bits per heavy atom. The average molecular weight is 463 g/mol. The van der Waals surface area contributed by atoms with Crippen molar-refractivity contribution in [3.8, 4) is 0 Å². The summed E-state index contributed by atoms with van der Waals surface area (Å²) in [7, 11) is -4.07. The SMILES string of the molecule is CC(OC(=O)c1ccc(F)c(S(=O)(=O)N2CCCCC2)c1)C(=O)NC(C)c1ccccc1. The summed E-state index contributed by atoms with van der Waals surface area (Å²) in [6.07, 6.45) is 1.21. The fourth-order valence-corrected chi connectivity index (χ4v) is 5.12. The Labute approximate surface area is 187 Å². The summed E-state index contributed by atoms with van der Waals surface area (Å²) >= 11 is 0. The third kappa shape index (κ3) is 5.52. The van der Waals surface area contributed by atoms with E-state index in [0.717, 1.165) is 30.2 Å². The van der Waals surface area contributed by atoms with Gasteiger partial charge in [-0.1, -0.05) is 36.8 Å². The van der Waals surface area contributed by atoms with Crippen molar-refractivity contribution in [1.29, 1.82) is 0 Å². The maximum atomic E-state index is 14.4. The number of amides is 1. The van der Waals surface area contributed by atoms with Crippen LogP contribution in [-0.4, -0.2) is 43.8 Å². The molecule has 0 saturated carbocycles. The fraction of sp³-hybridized carbons (Fsp3) is 0.391. The van der Waals surface area contributed by atoms with E-state index in [1.807, 2.05) is 30.3 Å². The molecule has 9 heteroatoms. The molecule has 1 aliphatic rings. The first-order valence-electron chi connectivity index (χ1n) is 10.6. The van der Waals surface area contributed by atoms with Crippen molar-refractivity contribution in [2.75, 3.05) is 13.1 Å². The minimum absolute atomic E-state index is 0.141. The summed E-state index contributed by atoms with van der Waals surface area (Å²) in [5, 5.41) is 2.76. The first-order valence-corrected chi connectivity index (χ1v) is 12.0. The average Bonchev–Trinajstić information content (AvgIpc) is 2.80. The van der Waals surface area contributed by atoms with E-state index in [1.54, 1.807) is 6.92 Å². The normalized spacial score (nSPS) is 16.7. The molecule has 0 aromatic heterocycles. The number of nitrogens with zero attached hydrogens (tertiary/aromatic N) is 1. The number of hydrogen-bond donors (Lipinski definition) is 1. The summed E-state index contributed by atoms with van der Waals surface area (Å²) < 4.78 is 46.5. The topological polar surface area (TPSA) is 92.8 Å². The molecule has 2 aromatic rings. The van der Waals surface area contributed by atoms with Crippen molar-refractivity contribution in [2.45, 2.75) is 50.2 Å². The van der Waals surface area contributed by atoms with Gasteiger partial charge in [0.05, 0.1) is 11.6 Å². The van der Waals surface area contributed by atoms with Gasteiger partial charge in [0.2, 0.25) is 10.0 Å². The zero-order chi connectivity index (χ0) is 23.3. The van der Waals surface area contributed by atoms with Gasteiger partial charge < -0.3 is 10.1 Å². The minimum atomic E-state index is -4.07. The highest BCUT2D eigenvalue weighted by molar-refractivity contribution is 7.89. The van der Waals surface area contributed by atoms with Gasteiger partial charge >= 0.3 is 5.97 Å². The minimum Gasteiger partial charge on any atom is -0.449 e. The number of rotatable bonds is 7. The molecule has 2 aromatic carbocycles.